The van der Waals surface area contributed by atoms with Crippen LogP contribution in [0.4, 0.5) is 0 Å². The molecule has 1 aliphatic carbocycles. The lowest BCUT2D eigenvalue weighted by Gasteiger charge is -2.17. The van der Waals surface area contributed by atoms with Crippen molar-refractivity contribution in [2.75, 3.05) is 0 Å². The van der Waals surface area contributed by atoms with E-state index in [1.54, 1.807) is 0 Å². The Balaban J connectivity index is 1.41. The Bertz CT molecular complexity index is 2630. The van der Waals surface area contributed by atoms with E-state index in [9.17, 15) is 0 Å². The van der Waals surface area contributed by atoms with E-state index in [-0.39, 0.29) is 0 Å². The molecule has 1 nitrogen and oxygen atoms in total. The van der Waals surface area contributed by atoms with Crippen LogP contribution in [-0.2, 0) is 0 Å². The van der Waals surface area contributed by atoms with Gasteiger partial charge in [0.25, 0.3) is 0 Å². The largest absolute Gasteiger partial charge is 0.256 e. The summed E-state index contributed by atoms with van der Waals surface area (Å²) in [6.07, 6.45) is 1.91. The van der Waals surface area contributed by atoms with Crippen molar-refractivity contribution in [3.05, 3.63) is 140 Å². The number of benzene rings is 8. The second kappa shape index (κ2) is 8.02. The Morgan fingerprint density at radius 1 is 0.310 bits per heavy atom. The van der Waals surface area contributed by atoms with Crippen LogP contribution < -0.4 is 0 Å². The maximum Gasteiger partial charge on any atom is 0.0787 e. The molecule has 0 saturated carbocycles. The van der Waals surface area contributed by atoms with Crippen LogP contribution in [0.3, 0.4) is 0 Å². The Morgan fingerprint density at radius 2 is 0.857 bits per heavy atom. The highest BCUT2D eigenvalue weighted by atomic mass is 14.7. The van der Waals surface area contributed by atoms with Crippen molar-refractivity contribution >= 4 is 64.6 Å². The Hall–Kier alpha value is -5.53. The van der Waals surface area contributed by atoms with Crippen molar-refractivity contribution in [2.24, 2.45) is 0 Å². The van der Waals surface area contributed by atoms with Gasteiger partial charge in [0.05, 0.1) is 5.69 Å². The Labute approximate surface area is 242 Å². The predicted octanol–water partition coefficient (Wildman–Crippen LogP) is 11.3. The maximum atomic E-state index is 4.84. The number of nitrogens with zero attached hydrogens (tertiary/aromatic N) is 1. The minimum absolute atomic E-state index is 1.09. The van der Waals surface area contributed by atoms with Gasteiger partial charge in [-0.25, -0.2) is 0 Å². The van der Waals surface area contributed by atoms with Crippen LogP contribution in [-0.4, -0.2) is 4.98 Å². The van der Waals surface area contributed by atoms with E-state index in [4.69, 9.17) is 4.98 Å². The Morgan fingerprint density at radius 3 is 1.64 bits per heavy atom. The number of aromatic nitrogens is 1. The van der Waals surface area contributed by atoms with Gasteiger partial charge < -0.3 is 0 Å². The van der Waals surface area contributed by atoms with Crippen LogP contribution in [0.1, 0.15) is 0 Å². The molecular formula is C41H23N. The van der Waals surface area contributed by atoms with Crippen LogP contribution >= 0.6 is 0 Å². The van der Waals surface area contributed by atoms with Crippen molar-refractivity contribution in [3.8, 4) is 33.5 Å². The fourth-order valence-electron chi connectivity index (χ4n) is 7.61. The summed E-state index contributed by atoms with van der Waals surface area (Å²) in [4.78, 5) is 4.84. The lowest BCUT2D eigenvalue weighted by molar-refractivity contribution is 1.35. The highest BCUT2D eigenvalue weighted by Crippen LogP contribution is 2.50. The number of fused-ring (bicyclic) bond motifs is 12. The van der Waals surface area contributed by atoms with Gasteiger partial charge in [0.15, 0.2) is 0 Å². The highest BCUT2D eigenvalue weighted by Gasteiger charge is 2.25. The SMILES string of the molecule is c1cnc2c(c1)-c1cccc3c1c-2cc1c2ccccc2c(-c2cc4c5ccccc5ccc4c4ccccc24)cc31. The molecule has 0 amide bonds. The van der Waals surface area contributed by atoms with Crippen molar-refractivity contribution < 1.29 is 0 Å². The quantitative estimate of drug-likeness (QED) is 0.193. The third-order valence-electron chi connectivity index (χ3n) is 9.41. The Kier molecular flexibility index (Phi) is 4.24. The van der Waals surface area contributed by atoms with Crippen LogP contribution in [0.2, 0.25) is 0 Å². The molecule has 0 saturated heterocycles. The van der Waals surface area contributed by atoms with Gasteiger partial charge in [-0.05, 0) is 106 Å². The van der Waals surface area contributed by atoms with Gasteiger partial charge in [-0.1, -0.05) is 109 Å². The van der Waals surface area contributed by atoms with Crippen LogP contribution in [0.15, 0.2) is 140 Å². The second-order valence-corrected chi connectivity index (χ2v) is 11.5. The summed E-state index contributed by atoms with van der Waals surface area (Å²) in [6, 6.07) is 49.4. The zero-order valence-corrected chi connectivity index (χ0v) is 22.7. The normalized spacial score (nSPS) is 12.3. The predicted molar refractivity (Wildman–Crippen MR) is 179 cm³/mol. The van der Waals surface area contributed by atoms with Gasteiger partial charge in [0, 0.05) is 17.3 Å². The summed E-state index contributed by atoms with van der Waals surface area (Å²) in [5.74, 6) is 0. The third-order valence-corrected chi connectivity index (χ3v) is 9.41. The van der Waals surface area contributed by atoms with Gasteiger partial charge in [-0.2, -0.15) is 0 Å². The molecule has 1 aliphatic rings. The molecule has 0 radical (unpaired) electrons. The van der Waals surface area contributed by atoms with Gasteiger partial charge in [-0.15, -0.1) is 0 Å². The molecule has 0 atom stereocenters. The standard InChI is InChI=1S/C41H23N/c1-2-10-25-24(9-1)18-19-30-26-11-3-4-12-27(26)35(21-34(25)30)36-22-38-32-16-7-15-31-33-17-8-20-42-41(33)39(40(31)32)23-37(38)29-14-6-5-13-28(29)36/h1-23H. The molecule has 42 heavy (non-hydrogen) atoms. The summed E-state index contributed by atoms with van der Waals surface area (Å²) < 4.78 is 0. The smallest absolute Gasteiger partial charge is 0.0787 e. The van der Waals surface area contributed by atoms with Gasteiger partial charge in [0.1, 0.15) is 0 Å². The zero-order valence-electron chi connectivity index (χ0n) is 22.7. The minimum atomic E-state index is 1.09. The molecule has 1 aromatic heterocycles. The number of hydrogen-bond acceptors (Lipinski definition) is 1. The fourth-order valence-corrected chi connectivity index (χ4v) is 7.61. The van der Waals surface area contributed by atoms with E-state index in [0.29, 0.717) is 0 Å². The molecule has 192 valence electrons. The minimum Gasteiger partial charge on any atom is -0.256 e. The van der Waals surface area contributed by atoms with Crippen LogP contribution in [0.25, 0.3) is 98.1 Å². The molecule has 9 aromatic rings. The molecule has 0 spiro atoms. The maximum absolute atomic E-state index is 4.84. The number of hydrogen-bond donors (Lipinski definition) is 0. The zero-order chi connectivity index (χ0) is 27.4. The molecule has 8 aromatic carbocycles. The molecule has 0 fully saturated rings. The molecule has 1 heterocycles. The lowest BCUT2D eigenvalue weighted by atomic mass is 9.86. The topological polar surface area (TPSA) is 12.9 Å². The van der Waals surface area contributed by atoms with Gasteiger partial charge >= 0.3 is 0 Å². The summed E-state index contributed by atoms with van der Waals surface area (Å²) >= 11 is 0. The van der Waals surface area contributed by atoms with Crippen molar-refractivity contribution in [3.63, 3.8) is 0 Å². The highest BCUT2D eigenvalue weighted by molar-refractivity contribution is 6.30. The van der Waals surface area contributed by atoms with Gasteiger partial charge in [0.2, 0.25) is 0 Å². The first-order chi connectivity index (χ1) is 20.8. The van der Waals surface area contributed by atoms with E-state index in [1.807, 2.05) is 12.3 Å². The van der Waals surface area contributed by atoms with Crippen molar-refractivity contribution in [1.82, 2.24) is 4.98 Å². The van der Waals surface area contributed by atoms with Crippen molar-refractivity contribution in [1.29, 1.82) is 0 Å². The number of pyridine rings is 1. The molecule has 1 heteroatoms. The van der Waals surface area contributed by atoms with E-state index >= 15 is 0 Å². The van der Waals surface area contributed by atoms with Crippen LogP contribution in [0.5, 0.6) is 0 Å². The van der Waals surface area contributed by atoms with E-state index < -0.39 is 0 Å². The third kappa shape index (κ3) is 2.80. The van der Waals surface area contributed by atoms with E-state index in [0.717, 1.165) is 5.69 Å². The summed E-state index contributed by atoms with van der Waals surface area (Å²) in [5.41, 5.74) is 7.39. The molecule has 0 unspecified atom stereocenters. The first-order valence-corrected chi connectivity index (χ1v) is 14.6. The average Bonchev–Trinajstić information content (AvgIpc) is 3.38. The summed E-state index contributed by atoms with van der Waals surface area (Å²) in [7, 11) is 0. The average molecular weight is 530 g/mol. The number of rotatable bonds is 1. The second-order valence-electron chi connectivity index (χ2n) is 11.5. The fraction of sp³-hybridized carbons (Fsp3) is 0. The van der Waals surface area contributed by atoms with Crippen LogP contribution in [0, 0.1) is 0 Å². The first kappa shape index (κ1) is 22.2. The monoisotopic (exact) mass is 529 g/mol. The lowest BCUT2D eigenvalue weighted by Crippen LogP contribution is -1.90. The van der Waals surface area contributed by atoms with Gasteiger partial charge in [-0.3, -0.25) is 4.98 Å². The molecular weight excluding hydrogens is 506 g/mol. The first-order valence-electron chi connectivity index (χ1n) is 14.6. The van der Waals surface area contributed by atoms with Crippen molar-refractivity contribution in [2.45, 2.75) is 0 Å². The molecule has 0 N–H and O–H groups in total. The van der Waals surface area contributed by atoms with E-state index in [2.05, 4.69) is 127 Å². The molecule has 0 bridgehead atoms. The van der Waals surface area contributed by atoms with E-state index in [1.165, 1.54) is 92.5 Å². The molecule has 0 aliphatic heterocycles. The summed E-state index contributed by atoms with van der Waals surface area (Å²) in [5, 5.41) is 15.5. The summed E-state index contributed by atoms with van der Waals surface area (Å²) in [6.45, 7) is 0. The molecule has 10 rings (SSSR count).